The standard InChI is InChI=1S/C13H19O2P/c1-10-9-16(15,11(2)8-13(10)14)12-6-4-3-5-7-12/h3-7,10-11,13-14H,8-9H2,1-2H3/t10-,11-,13+,16+/m1/s1. The minimum Gasteiger partial charge on any atom is -0.393 e. The van der Waals surface area contributed by atoms with Gasteiger partial charge in [0, 0.05) is 17.1 Å². The number of benzene rings is 1. The lowest BCUT2D eigenvalue weighted by Gasteiger charge is -2.36. The van der Waals surface area contributed by atoms with Crippen LogP contribution in [0.25, 0.3) is 0 Å². The van der Waals surface area contributed by atoms with Crippen LogP contribution in [0.1, 0.15) is 20.3 Å². The van der Waals surface area contributed by atoms with Crippen molar-refractivity contribution in [2.45, 2.75) is 32.0 Å². The molecule has 2 nitrogen and oxygen atoms in total. The van der Waals surface area contributed by atoms with Crippen LogP contribution >= 0.6 is 7.14 Å². The van der Waals surface area contributed by atoms with Gasteiger partial charge in [0.2, 0.25) is 0 Å². The monoisotopic (exact) mass is 238 g/mol. The van der Waals surface area contributed by atoms with Crippen molar-refractivity contribution < 1.29 is 9.67 Å². The van der Waals surface area contributed by atoms with E-state index in [2.05, 4.69) is 0 Å². The topological polar surface area (TPSA) is 37.3 Å². The van der Waals surface area contributed by atoms with E-state index in [1.807, 2.05) is 44.2 Å². The Morgan fingerprint density at radius 2 is 1.88 bits per heavy atom. The van der Waals surface area contributed by atoms with Gasteiger partial charge in [0.25, 0.3) is 0 Å². The molecule has 88 valence electrons. The maximum atomic E-state index is 13.0. The van der Waals surface area contributed by atoms with Crippen LogP contribution < -0.4 is 5.30 Å². The third kappa shape index (κ3) is 1.97. The van der Waals surface area contributed by atoms with Crippen molar-refractivity contribution in [3.63, 3.8) is 0 Å². The largest absolute Gasteiger partial charge is 0.393 e. The highest BCUT2D eigenvalue weighted by atomic mass is 31.2. The van der Waals surface area contributed by atoms with Gasteiger partial charge in [0.15, 0.2) is 0 Å². The van der Waals surface area contributed by atoms with E-state index in [-0.39, 0.29) is 17.7 Å². The molecule has 1 heterocycles. The number of hydrogen-bond donors (Lipinski definition) is 1. The molecule has 3 heteroatoms. The van der Waals surface area contributed by atoms with Gasteiger partial charge in [-0.05, 0) is 12.3 Å². The van der Waals surface area contributed by atoms with Crippen LogP contribution in [-0.4, -0.2) is 23.0 Å². The van der Waals surface area contributed by atoms with Crippen LogP contribution in [0.3, 0.4) is 0 Å². The van der Waals surface area contributed by atoms with Crippen molar-refractivity contribution in [3.8, 4) is 0 Å². The van der Waals surface area contributed by atoms with Gasteiger partial charge in [-0.25, -0.2) is 0 Å². The summed E-state index contributed by atoms with van der Waals surface area (Å²) in [5.41, 5.74) is 0.0982. The zero-order chi connectivity index (χ0) is 11.8. The average Bonchev–Trinajstić information content (AvgIpc) is 2.28. The Hall–Kier alpha value is -0.590. The van der Waals surface area contributed by atoms with Crippen LogP contribution in [0.4, 0.5) is 0 Å². The van der Waals surface area contributed by atoms with E-state index >= 15 is 0 Å². The van der Waals surface area contributed by atoms with Gasteiger partial charge in [-0.15, -0.1) is 0 Å². The zero-order valence-corrected chi connectivity index (χ0v) is 10.7. The Kier molecular flexibility index (Phi) is 3.23. The minimum atomic E-state index is -2.31. The Balaban J connectivity index is 2.35. The fourth-order valence-corrected chi connectivity index (χ4v) is 5.93. The van der Waals surface area contributed by atoms with E-state index in [1.54, 1.807) is 0 Å². The van der Waals surface area contributed by atoms with Crippen LogP contribution in [-0.2, 0) is 4.57 Å². The SMILES string of the molecule is C[C@@H]1C[P@@](=O)(c2ccccc2)[C@H](C)C[C@@H]1O. The summed E-state index contributed by atoms with van der Waals surface area (Å²) in [5, 5.41) is 10.8. The fourth-order valence-electron chi connectivity index (χ4n) is 2.52. The second-order valence-corrected chi connectivity index (χ2v) is 8.30. The molecule has 4 atom stereocenters. The molecule has 0 amide bonds. The summed E-state index contributed by atoms with van der Waals surface area (Å²) >= 11 is 0. The van der Waals surface area contributed by atoms with Crippen molar-refractivity contribution in [2.24, 2.45) is 5.92 Å². The molecular formula is C13H19O2P. The molecule has 1 fully saturated rings. The van der Waals surface area contributed by atoms with E-state index in [0.717, 1.165) is 5.30 Å². The maximum absolute atomic E-state index is 13.0. The van der Waals surface area contributed by atoms with Crippen molar-refractivity contribution in [1.29, 1.82) is 0 Å². The van der Waals surface area contributed by atoms with Crippen LogP contribution in [0.2, 0.25) is 0 Å². The third-order valence-corrected chi connectivity index (χ3v) is 7.63. The summed E-state index contributed by atoms with van der Waals surface area (Å²) in [6.45, 7) is 4.00. The smallest absolute Gasteiger partial charge is 0.118 e. The second-order valence-electron chi connectivity index (χ2n) is 4.94. The summed E-state index contributed by atoms with van der Waals surface area (Å²) < 4.78 is 13.0. The molecule has 16 heavy (non-hydrogen) atoms. The zero-order valence-electron chi connectivity index (χ0n) is 9.84. The molecule has 1 aromatic rings. The molecule has 0 saturated carbocycles. The molecule has 1 aromatic carbocycles. The molecule has 0 aromatic heterocycles. The summed E-state index contributed by atoms with van der Waals surface area (Å²) in [6.07, 6.45) is 1.01. The number of aliphatic hydroxyl groups is 1. The van der Waals surface area contributed by atoms with Crippen molar-refractivity contribution in [1.82, 2.24) is 0 Å². The molecule has 0 aliphatic carbocycles. The second kappa shape index (κ2) is 4.35. The van der Waals surface area contributed by atoms with E-state index in [9.17, 15) is 9.67 Å². The Morgan fingerprint density at radius 1 is 1.25 bits per heavy atom. The Morgan fingerprint density at radius 3 is 2.50 bits per heavy atom. The van der Waals surface area contributed by atoms with E-state index < -0.39 is 7.14 Å². The number of aliphatic hydroxyl groups excluding tert-OH is 1. The normalized spacial score (nSPS) is 39.6. The molecular weight excluding hydrogens is 219 g/mol. The highest BCUT2D eigenvalue weighted by molar-refractivity contribution is 7.72. The van der Waals surface area contributed by atoms with Gasteiger partial charge in [-0.2, -0.15) is 0 Å². The van der Waals surface area contributed by atoms with Gasteiger partial charge in [-0.3, -0.25) is 0 Å². The summed E-state index contributed by atoms with van der Waals surface area (Å²) in [4.78, 5) is 0. The van der Waals surface area contributed by atoms with Crippen molar-refractivity contribution in [2.75, 3.05) is 6.16 Å². The molecule has 0 spiro atoms. The minimum absolute atomic E-state index is 0.0982. The lowest BCUT2D eigenvalue weighted by molar-refractivity contribution is 0.111. The van der Waals surface area contributed by atoms with Crippen molar-refractivity contribution >= 4 is 12.4 Å². The number of rotatable bonds is 1. The van der Waals surface area contributed by atoms with Gasteiger partial charge < -0.3 is 9.67 Å². The van der Waals surface area contributed by atoms with Gasteiger partial charge >= 0.3 is 0 Å². The molecule has 1 N–H and O–H groups in total. The van der Waals surface area contributed by atoms with E-state index in [1.165, 1.54) is 0 Å². The van der Waals surface area contributed by atoms with E-state index in [0.29, 0.717) is 12.6 Å². The number of hydrogen-bond acceptors (Lipinski definition) is 2. The molecule has 1 aliphatic rings. The summed E-state index contributed by atoms with van der Waals surface area (Å²) in [7, 11) is -2.31. The predicted molar refractivity (Wildman–Crippen MR) is 67.8 cm³/mol. The molecule has 0 radical (unpaired) electrons. The Labute approximate surface area is 97.1 Å². The highest BCUT2D eigenvalue weighted by Crippen LogP contribution is 2.56. The molecule has 0 bridgehead atoms. The van der Waals surface area contributed by atoms with Crippen LogP contribution in [0, 0.1) is 5.92 Å². The summed E-state index contributed by atoms with van der Waals surface area (Å²) in [6, 6.07) is 9.75. The third-order valence-electron chi connectivity index (χ3n) is 3.70. The van der Waals surface area contributed by atoms with Crippen LogP contribution in [0.15, 0.2) is 30.3 Å². The van der Waals surface area contributed by atoms with Crippen LogP contribution in [0.5, 0.6) is 0 Å². The van der Waals surface area contributed by atoms with Gasteiger partial charge in [0.1, 0.15) is 7.14 Å². The van der Waals surface area contributed by atoms with Gasteiger partial charge in [-0.1, -0.05) is 44.2 Å². The summed E-state index contributed by atoms with van der Waals surface area (Å²) in [5.74, 6) is 0.141. The highest BCUT2D eigenvalue weighted by Gasteiger charge is 2.40. The molecule has 1 saturated heterocycles. The molecule has 1 aliphatic heterocycles. The first kappa shape index (κ1) is 11.9. The first-order valence-corrected chi connectivity index (χ1v) is 7.82. The lowest BCUT2D eigenvalue weighted by Crippen LogP contribution is -2.35. The lowest BCUT2D eigenvalue weighted by atomic mass is 10.0. The fraction of sp³-hybridized carbons (Fsp3) is 0.538. The average molecular weight is 238 g/mol. The first-order valence-electron chi connectivity index (χ1n) is 5.86. The predicted octanol–water partition coefficient (Wildman–Crippen LogP) is 2.46. The Bertz CT molecular complexity index is 402. The molecule has 0 unspecified atom stereocenters. The van der Waals surface area contributed by atoms with Crippen molar-refractivity contribution in [3.05, 3.63) is 30.3 Å². The van der Waals surface area contributed by atoms with Gasteiger partial charge in [0.05, 0.1) is 6.10 Å². The molecule has 2 rings (SSSR count). The maximum Gasteiger partial charge on any atom is 0.118 e. The first-order chi connectivity index (χ1) is 7.54. The van der Waals surface area contributed by atoms with E-state index in [4.69, 9.17) is 0 Å². The quantitative estimate of drug-likeness (QED) is 0.763.